The van der Waals surface area contributed by atoms with Gasteiger partial charge in [-0.3, -0.25) is 4.79 Å². The SMILES string of the molecule is C[C@H]1[C@H](C)CCC[C@@H]1N1C(=O)C2=C(CCCC2)[C@H]1Nc1ccc(C#N)cc1. The van der Waals surface area contributed by atoms with E-state index in [1.807, 2.05) is 24.3 Å². The molecule has 1 aliphatic heterocycles. The average molecular weight is 364 g/mol. The van der Waals surface area contributed by atoms with Crippen LogP contribution >= 0.6 is 0 Å². The number of amides is 1. The summed E-state index contributed by atoms with van der Waals surface area (Å²) in [6, 6.07) is 10.1. The number of nitrogens with zero attached hydrogens (tertiary/aromatic N) is 2. The third-order valence-corrected chi connectivity index (χ3v) is 6.95. The summed E-state index contributed by atoms with van der Waals surface area (Å²) in [5.74, 6) is 1.45. The number of hydrogen-bond donors (Lipinski definition) is 1. The van der Waals surface area contributed by atoms with Gasteiger partial charge in [-0.25, -0.2) is 0 Å². The van der Waals surface area contributed by atoms with E-state index in [-0.39, 0.29) is 12.1 Å². The first-order valence-electron chi connectivity index (χ1n) is 10.4. The van der Waals surface area contributed by atoms with Gasteiger partial charge in [0.1, 0.15) is 6.17 Å². The minimum atomic E-state index is -0.0292. The molecule has 0 unspecified atom stereocenters. The van der Waals surface area contributed by atoms with E-state index in [0.29, 0.717) is 23.4 Å². The first-order valence-corrected chi connectivity index (χ1v) is 10.4. The summed E-state index contributed by atoms with van der Waals surface area (Å²) >= 11 is 0. The van der Waals surface area contributed by atoms with Crippen LogP contribution in [0.5, 0.6) is 0 Å². The molecular weight excluding hydrogens is 334 g/mol. The van der Waals surface area contributed by atoms with Crippen LogP contribution in [-0.4, -0.2) is 23.0 Å². The zero-order valence-electron chi connectivity index (χ0n) is 16.4. The quantitative estimate of drug-likeness (QED) is 0.836. The maximum atomic E-state index is 13.4. The molecule has 0 saturated heterocycles. The molecule has 4 heteroatoms. The fraction of sp³-hybridized carbons (Fsp3) is 0.565. The molecule has 27 heavy (non-hydrogen) atoms. The molecule has 3 aliphatic rings. The van der Waals surface area contributed by atoms with Crippen molar-refractivity contribution in [3.8, 4) is 6.07 Å². The molecule has 4 rings (SSSR count). The Morgan fingerprint density at radius 1 is 1.07 bits per heavy atom. The highest BCUT2D eigenvalue weighted by Crippen LogP contribution is 2.42. The molecular formula is C23H29N3O. The van der Waals surface area contributed by atoms with Crippen LogP contribution < -0.4 is 5.32 Å². The van der Waals surface area contributed by atoms with E-state index >= 15 is 0 Å². The van der Waals surface area contributed by atoms with E-state index in [4.69, 9.17) is 5.26 Å². The standard InChI is InChI=1S/C23H29N3O/c1-15-6-5-9-21(16(15)2)26-22(19-7-3-4-8-20(19)23(26)27)25-18-12-10-17(14-24)11-13-18/h10-13,15-16,21-22,25H,3-9H2,1-2H3/t15-,16+,21+,22+/m1/s1. The van der Waals surface area contributed by atoms with E-state index in [2.05, 4.69) is 30.1 Å². The number of hydrogen-bond acceptors (Lipinski definition) is 3. The van der Waals surface area contributed by atoms with E-state index in [0.717, 1.165) is 36.9 Å². The van der Waals surface area contributed by atoms with Crippen LogP contribution in [-0.2, 0) is 4.79 Å². The Balaban J connectivity index is 1.66. The first-order chi connectivity index (χ1) is 13.1. The minimum absolute atomic E-state index is 0.0292. The highest BCUT2D eigenvalue weighted by Gasteiger charge is 2.45. The van der Waals surface area contributed by atoms with Crippen LogP contribution in [0.1, 0.15) is 64.4 Å². The molecule has 0 spiro atoms. The molecule has 1 aromatic rings. The van der Waals surface area contributed by atoms with Crippen LogP contribution in [0.2, 0.25) is 0 Å². The molecule has 1 fully saturated rings. The highest BCUT2D eigenvalue weighted by molar-refractivity contribution is 5.98. The highest BCUT2D eigenvalue weighted by atomic mass is 16.2. The van der Waals surface area contributed by atoms with Gasteiger partial charge in [0.2, 0.25) is 0 Å². The predicted octanol–water partition coefficient (Wildman–Crippen LogP) is 4.83. The smallest absolute Gasteiger partial charge is 0.252 e. The van der Waals surface area contributed by atoms with Crippen molar-refractivity contribution < 1.29 is 4.79 Å². The van der Waals surface area contributed by atoms with Gasteiger partial charge in [-0.2, -0.15) is 5.26 Å². The van der Waals surface area contributed by atoms with Crippen molar-refractivity contribution in [1.82, 2.24) is 4.90 Å². The number of anilines is 1. The van der Waals surface area contributed by atoms with Crippen LogP contribution in [0.15, 0.2) is 35.4 Å². The number of benzene rings is 1. The second-order valence-electron chi connectivity index (χ2n) is 8.49. The van der Waals surface area contributed by atoms with Crippen molar-refractivity contribution in [3.63, 3.8) is 0 Å². The van der Waals surface area contributed by atoms with Crippen LogP contribution in [0, 0.1) is 23.2 Å². The summed E-state index contributed by atoms with van der Waals surface area (Å²) in [7, 11) is 0. The summed E-state index contributed by atoms with van der Waals surface area (Å²) in [6.07, 6.45) is 7.77. The van der Waals surface area contributed by atoms with Crippen molar-refractivity contribution in [2.24, 2.45) is 11.8 Å². The zero-order valence-corrected chi connectivity index (χ0v) is 16.4. The summed E-state index contributed by atoms with van der Waals surface area (Å²) in [6.45, 7) is 4.64. The van der Waals surface area contributed by atoms with Gasteiger partial charge in [0.15, 0.2) is 0 Å². The van der Waals surface area contributed by atoms with Crippen LogP contribution in [0.4, 0.5) is 5.69 Å². The molecule has 0 radical (unpaired) electrons. The number of nitriles is 1. The van der Waals surface area contributed by atoms with Gasteiger partial charge in [0.25, 0.3) is 5.91 Å². The Hall–Kier alpha value is -2.28. The molecule has 4 nitrogen and oxygen atoms in total. The van der Waals surface area contributed by atoms with E-state index < -0.39 is 0 Å². The lowest BCUT2D eigenvalue weighted by atomic mass is 9.77. The molecule has 1 saturated carbocycles. The Labute approximate surface area is 162 Å². The number of rotatable bonds is 3. The van der Waals surface area contributed by atoms with Crippen molar-refractivity contribution in [2.45, 2.75) is 71.0 Å². The van der Waals surface area contributed by atoms with Gasteiger partial charge in [0, 0.05) is 17.3 Å². The number of nitrogens with one attached hydrogen (secondary N) is 1. The third kappa shape index (κ3) is 3.25. The predicted molar refractivity (Wildman–Crippen MR) is 107 cm³/mol. The molecule has 4 atom stereocenters. The molecule has 2 aliphatic carbocycles. The van der Waals surface area contributed by atoms with E-state index in [9.17, 15) is 4.79 Å². The van der Waals surface area contributed by atoms with Gasteiger partial charge in [-0.05, 0) is 73.8 Å². The Morgan fingerprint density at radius 2 is 1.81 bits per heavy atom. The van der Waals surface area contributed by atoms with Gasteiger partial charge < -0.3 is 10.2 Å². The van der Waals surface area contributed by atoms with E-state index in [1.54, 1.807) is 0 Å². The van der Waals surface area contributed by atoms with Gasteiger partial charge in [0.05, 0.1) is 11.6 Å². The Morgan fingerprint density at radius 3 is 2.56 bits per heavy atom. The third-order valence-electron chi connectivity index (χ3n) is 6.95. The molecule has 1 aromatic carbocycles. The van der Waals surface area contributed by atoms with Gasteiger partial charge in [-0.15, -0.1) is 0 Å². The van der Waals surface area contributed by atoms with Crippen molar-refractivity contribution in [3.05, 3.63) is 41.0 Å². The molecule has 0 bridgehead atoms. The second-order valence-corrected chi connectivity index (χ2v) is 8.49. The average Bonchev–Trinajstić information content (AvgIpc) is 2.97. The summed E-state index contributed by atoms with van der Waals surface area (Å²) in [5.41, 5.74) is 4.01. The summed E-state index contributed by atoms with van der Waals surface area (Å²) in [4.78, 5) is 15.6. The van der Waals surface area contributed by atoms with Crippen LogP contribution in [0.25, 0.3) is 0 Å². The van der Waals surface area contributed by atoms with Gasteiger partial charge in [-0.1, -0.05) is 26.7 Å². The van der Waals surface area contributed by atoms with Crippen molar-refractivity contribution in [2.75, 3.05) is 5.32 Å². The maximum absolute atomic E-state index is 13.4. The van der Waals surface area contributed by atoms with Crippen molar-refractivity contribution >= 4 is 11.6 Å². The normalized spacial score (nSPS) is 30.9. The molecule has 142 valence electrons. The summed E-state index contributed by atoms with van der Waals surface area (Å²) in [5, 5.41) is 12.7. The Kier molecular flexibility index (Phi) is 4.95. The molecule has 0 aromatic heterocycles. The lowest BCUT2D eigenvalue weighted by molar-refractivity contribution is -0.131. The van der Waals surface area contributed by atoms with E-state index in [1.165, 1.54) is 24.8 Å². The fourth-order valence-electron chi connectivity index (χ4n) is 5.16. The zero-order chi connectivity index (χ0) is 19.0. The lowest BCUT2D eigenvalue weighted by Gasteiger charge is -2.43. The van der Waals surface area contributed by atoms with Crippen molar-refractivity contribution in [1.29, 1.82) is 5.26 Å². The maximum Gasteiger partial charge on any atom is 0.252 e. The second kappa shape index (κ2) is 7.38. The number of carbonyl (C=O) groups is 1. The topological polar surface area (TPSA) is 56.1 Å². The summed E-state index contributed by atoms with van der Waals surface area (Å²) < 4.78 is 0. The van der Waals surface area contributed by atoms with Gasteiger partial charge >= 0.3 is 0 Å². The minimum Gasteiger partial charge on any atom is -0.362 e. The lowest BCUT2D eigenvalue weighted by Crippen LogP contribution is -2.52. The largest absolute Gasteiger partial charge is 0.362 e. The monoisotopic (exact) mass is 363 g/mol. The molecule has 1 N–H and O–H groups in total. The fourth-order valence-corrected chi connectivity index (χ4v) is 5.16. The number of carbonyl (C=O) groups excluding carboxylic acids is 1. The first kappa shape index (κ1) is 18.1. The Bertz CT molecular complexity index is 789. The molecule has 1 heterocycles. The van der Waals surface area contributed by atoms with Crippen LogP contribution in [0.3, 0.4) is 0 Å². The molecule has 1 amide bonds.